The molecule has 3 N–H and O–H groups in total. The number of pyridine rings is 1. The number of hydrogen-bond acceptors (Lipinski definition) is 5. The van der Waals surface area contributed by atoms with Crippen molar-refractivity contribution in [3.8, 4) is 0 Å². The van der Waals surface area contributed by atoms with E-state index in [1.165, 1.54) is 25.3 Å². The molecule has 1 amide bonds. The van der Waals surface area contributed by atoms with Crippen molar-refractivity contribution in [3.63, 3.8) is 0 Å². The minimum atomic E-state index is -5.08. The summed E-state index contributed by atoms with van der Waals surface area (Å²) in [5.41, 5.74) is -0.424. The number of halogens is 4. The molecule has 0 radical (unpaired) electrons. The molecule has 0 fully saturated rings. The second-order valence-electron chi connectivity index (χ2n) is 5.18. The quantitative estimate of drug-likeness (QED) is 0.555. The van der Waals surface area contributed by atoms with Crippen LogP contribution < -0.4 is 10.9 Å². The van der Waals surface area contributed by atoms with Crippen LogP contribution in [0.2, 0.25) is 0 Å². The maximum absolute atomic E-state index is 12.4. The first kappa shape index (κ1) is 24.8. The molecule has 0 bridgehead atoms. The Morgan fingerprint density at radius 1 is 1.18 bits per heavy atom. The van der Waals surface area contributed by atoms with Gasteiger partial charge in [-0.3, -0.25) is 19.2 Å². The Kier molecular flexibility index (Phi) is 9.54. The average molecular weight is 412 g/mol. The highest BCUT2D eigenvalue weighted by molar-refractivity contribution is 5.93. The van der Waals surface area contributed by atoms with Crippen LogP contribution in [0.1, 0.15) is 19.4 Å². The summed E-state index contributed by atoms with van der Waals surface area (Å²) in [6, 6.07) is 1.89. The van der Waals surface area contributed by atoms with Gasteiger partial charge in [-0.05, 0) is 13.0 Å². The number of ketones is 1. The maximum Gasteiger partial charge on any atom is 0.490 e. The summed E-state index contributed by atoms with van der Waals surface area (Å²) in [5.74, 6) is -5.87. The fourth-order valence-electron chi connectivity index (χ4n) is 1.69. The van der Waals surface area contributed by atoms with E-state index in [1.54, 1.807) is 6.07 Å². The van der Waals surface area contributed by atoms with E-state index in [-0.39, 0.29) is 0 Å². The molecule has 1 aromatic heterocycles. The predicted octanol–water partition coefficient (Wildman–Crippen LogP) is 0.541. The number of aliphatic carboxylic acids is 2. The van der Waals surface area contributed by atoms with Crippen molar-refractivity contribution in [1.29, 1.82) is 0 Å². The van der Waals surface area contributed by atoms with E-state index in [2.05, 4.69) is 5.32 Å². The van der Waals surface area contributed by atoms with Gasteiger partial charge in [0.05, 0.1) is 6.42 Å². The first-order valence-corrected chi connectivity index (χ1v) is 7.39. The highest BCUT2D eigenvalue weighted by Crippen LogP contribution is 2.13. The fraction of sp³-hybridized carbons (Fsp3) is 0.400. The van der Waals surface area contributed by atoms with Crippen LogP contribution in [0.25, 0.3) is 0 Å². The Bertz CT molecular complexity index is 776. The Morgan fingerprint density at radius 3 is 2.11 bits per heavy atom. The topological polar surface area (TPSA) is 143 Å². The monoisotopic (exact) mass is 412 g/mol. The molecule has 1 rings (SSSR count). The van der Waals surface area contributed by atoms with Gasteiger partial charge in [0.25, 0.3) is 5.56 Å². The van der Waals surface area contributed by atoms with Gasteiger partial charge < -0.3 is 20.1 Å². The summed E-state index contributed by atoms with van der Waals surface area (Å²) in [5, 5.41) is 17.9. The molecule has 0 spiro atoms. The summed E-state index contributed by atoms with van der Waals surface area (Å²) in [6.45, 7) is 0.0341. The van der Waals surface area contributed by atoms with Crippen molar-refractivity contribution < 1.29 is 47.0 Å². The van der Waals surface area contributed by atoms with Crippen LogP contribution in [0.3, 0.4) is 0 Å². The van der Waals surface area contributed by atoms with Crippen molar-refractivity contribution in [3.05, 3.63) is 34.7 Å². The number of carboxylic acid groups (broad SMARTS) is 2. The lowest BCUT2D eigenvalue weighted by Crippen LogP contribution is -2.46. The van der Waals surface area contributed by atoms with Gasteiger partial charge in [0.1, 0.15) is 18.8 Å². The molecule has 0 aliphatic carbocycles. The highest BCUT2D eigenvalue weighted by Gasteiger charge is 2.38. The Hall–Kier alpha value is -3.25. The zero-order valence-electron chi connectivity index (χ0n) is 14.3. The van der Waals surface area contributed by atoms with Crippen LogP contribution >= 0.6 is 0 Å². The van der Waals surface area contributed by atoms with Gasteiger partial charge in [-0.15, -0.1) is 0 Å². The lowest BCUT2D eigenvalue weighted by Gasteiger charge is -2.19. The number of alkyl halides is 4. The van der Waals surface area contributed by atoms with E-state index >= 15 is 0 Å². The molecule has 0 saturated carbocycles. The molecule has 0 aliphatic rings. The van der Waals surface area contributed by atoms with E-state index < -0.39 is 60.5 Å². The Labute approximate surface area is 154 Å². The third-order valence-corrected chi connectivity index (χ3v) is 3.11. The minimum absolute atomic E-state index is 0.424. The van der Waals surface area contributed by atoms with E-state index in [0.717, 1.165) is 4.57 Å². The average Bonchev–Trinajstić information content (AvgIpc) is 2.59. The summed E-state index contributed by atoms with van der Waals surface area (Å²) in [4.78, 5) is 54.4. The van der Waals surface area contributed by atoms with Gasteiger partial charge in [0.2, 0.25) is 5.91 Å². The normalized spacial score (nSPS) is 12.8. The van der Waals surface area contributed by atoms with Crippen LogP contribution in [0.5, 0.6) is 0 Å². The van der Waals surface area contributed by atoms with Crippen LogP contribution in [0.4, 0.5) is 17.6 Å². The molecule has 1 heterocycles. The van der Waals surface area contributed by atoms with E-state index in [1.807, 2.05) is 0 Å². The predicted molar refractivity (Wildman–Crippen MR) is 84.3 cm³/mol. The van der Waals surface area contributed by atoms with Crippen molar-refractivity contribution in [2.24, 2.45) is 0 Å². The van der Waals surface area contributed by atoms with Gasteiger partial charge in [0.15, 0.2) is 5.78 Å². The lowest BCUT2D eigenvalue weighted by atomic mass is 10.1. The molecule has 13 heteroatoms. The zero-order chi connectivity index (χ0) is 22.1. The lowest BCUT2D eigenvalue weighted by molar-refractivity contribution is -0.192. The van der Waals surface area contributed by atoms with Crippen molar-refractivity contribution in [2.75, 3.05) is 6.67 Å². The molecule has 2 atom stereocenters. The number of carbonyl (C=O) groups is 4. The fourth-order valence-corrected chi connectivity index (χ4v) is 1.69. The molecule has 0 aliphatic heterocycles. The molecule has 156 valence electrons. The van der Waals surface area contributed by atoms with Crippen molar-refractivity contribution in [2.45, 2.75) is 31.6 Å². The molecule has 0 aromatic carbocycles. The number of aromatic nitrogens is 1. The number of carbonyl (C=O) groups excluding carboxylic acids is 2. The number of rotatable bonds is 7. The highest BCUT2D eigenvalue weighted by atomic mass is 19.4. The van der Waals surface area contributed by atoms with Crippen molar-refractivity contribution >= 4 is 23.6 Å². The Balaban J connectivity index is 0.000000887. The number of hydrogen-bond donors (Lipinski definition) is 3. The zero-order valence-corrected chi connectivity index (χ0v) is 14.3. The maximum atomic E-state index is 12.4. The molecule has 1 aromatic rings. The minimum Gasteiger partial charge on any atom is -0.481 e. The van der Waals surface area contributed by atoms with Crippen molar-refractivity contribution in [1.82, 2.24) is 9.88 Å². The summed E-state index contributed by atoms with van der Waals surface area (Å²) in [7, 11) is 0. The molecule has 0 saturated heterocycles. The number of nitrogens with one attached hydrogen (secondary N) is 1. The summed E-state index contributed by atoms with van der Waals surface area (Å²) >= 11 is 0. The molecular formula is C15H16F4N2O7. The third kappa shape index (κ3) is 8.42. The number of Topliss-reactive ketones (excluding diaryl/α,β-unsaturated/α-hetero) is 1. The van der Waals surface area contributed by atoms with E-state index in [0.29, 0.717) is 0 Å². The van der Waals surface area contributed by atoms with Gasteiger partial charge in [-0.2, -0.15) is 13.2 Å². The largest absolute Gasteiger partial charge is 0.490 e. The van der Waals surface area contributed by atoms with Crippen LogP contribution in [-0.2, 0) is 19.2 Å². The third-order valence-electron chi connectivity index (χ3n) is 3.11. The van der Waals surface area contributed by atoms with Gasteiger partial charge in [-0.1, -0.05) is 6.07 Å². The van der Waals surface area contributed by atoms with Crippen LogP contribution in [0, 0.1) is 0 Å². The standard InChI is InChI=1S/C13H15FN2O5.C2HF3O2/c1-8(16-5-3-2-4-11(16)18)13(21)15-9(6-12(19)20)10(17)7-14;3-2(4,5)1(6)7/h2-5,8-9H,6-7H2,1H3,(H,15,21)(H,19,20);(H,6,7)/t8-,9?;/m0./s1. The SMILES string of the molecule is C[C@@H](C(=O)NC(CC(=O)O)C(=O)CF)n1ccccc1=O.O=C(O)C(F)(F)F. The first-order valence-electron chi connectivity index (χ1n) is 7.39. The number of amides is 1. The number of carboxylic acids is 2. The van der Waals surface area contributed by atoms with E-state index in [9.17, 15) is 36.7 Å². The molecule has 1 unspecified atom stereocenters. The Morgan fingerprint density at radius 2 is 1.71 bits per heavy atom. The van der Waals surface area contributed by atoms with Crippen LogP contribution in [0.15, 0.2) is 29.2 Å². The summed E-state index contributed by atoms with van der Waals surface area (Å²) in [6.07, 6.45) is -4.42. The molecular weight excluding hydrogens is 396 g/mol. The van der Waals surface area contributed by atoms with Gasteiger partial charge >= 0.3 is 18.1 Å². The second kappa shape index (κ2) is 10.8. The number of nitrogens with zero attached hydrogens (tertiary/aromatic N) is 1. The van der Waals surface area contributed by atoms with E-state index in [4.69, 9.17) is 15.0 Å². The second-order valence-corrected chi connectivity index (χ2v) is 5.18. The van der Waals surface area contributed by atoms with Crippen LogP contribution in [-0.4, -0.2) is 57.3 Å². The van der Waals surface area contributed by atoms with Gasteiger partial charge in [0, 0.05) is 12.3 Å². The summed E-state index contributed by atoms with van der Waals surface area (Å²) < 4.78 is 45.2. The first-order chi connectivity index (χ1) is 12.8. The van der Waals surface area contributed by atoms with Gasteiger partial charge in [-0.25, -0.2) is 9.18 Å². The molecule has 28 heavy (non-hydrogen) atoms. The smallest absolute Gasteiger partial charge is 0.481 e. The molecule has 9 nitrogen and oxygen atoms in total.